The van der Waals surface area contributed by atoms with E-state index < -0.39 is 6.36 Å². The summed E-state index contributed by atoms with van der Waals surface area (Å²) in [7, 11) is 0. The Balaban J connectivity index is 2.36. The van der Waals surface area contributed by atoms with Crippen molar-refractivity contribution < 1.29 is 17.9 Å². The molecule has 108 valence electrons. The second-order valence-electron chi connectivity index (χ2n) is 4.50. The van der Waals surface area contributed by atoms with E-state index in [2.05, 4.69) is 9.72 Å². The van der Waals surface area contributed by atoms with Crippen LogP contribution in [0.4, 0.5) is 18.2 Å². The molecule has 3 nitrogen and oxygen atoms in total. The van der Waals surface area contributed by atoms with Crippen molar-refractivity contribution in [2.24, 2.45) is 0 Å². The maximum Gasteiger partial charge on any atom is 0.573 e. The number of hydrogen-bond acceptors (Lipinski definition) is 4. The molecular formula is C13H13F3N2OS. The molecule has 0 bridgehead atoms. The number of nitrogen functional groups attached to an aromatic ring is 1. The molecule has 0 amide bonds. The maximum absolute atomic E-state index is 12.2. The van der Waals surface area contributed by atoms with E-state index in [0.717, 1.165) is 5.01 Å². The van der Waals surface area contributed by atoms with Gasteiger partial charge in [0.1, 0.15) is 16.4 Å². The second-order valence-corrected chi connectivity index (χ2v) is 5.56. The number of hydrogen-bond donors (Lipinski definition) is 1. The lowest BCUT2D eigenvalue weighted by atomic mass is 10.1. The van der Waals surface area contributed by atoms with Crippen molar-refractivity contribution in [3.8, 4) is 17.0 Å². The number of rotatable bonds is 3. The first-order valence-electron chi connectivity index (χ1n) is 5.88. The van der Waals surface area contributed by atoms with Crippen LogP contribution in [0.2, 0.25) is 0 Å². The Morgan fingerprint density at radius 2 is 2.00 bits per heavy atom. The van der Waals surface area contributed by atoms with E-state index >= 15 is 0 Å². The molecule has 0 aliphatic rings. The minimum atomic E-state index is -4.71. The molecule has 7 heteroatoms. The molecule has 1 aromatic heterocycles. The summed E-state index contributed by atoms with van der Waals surface area (Å²) in [5.41, 5.74) is 6.88. The fourth-order valence-corrected chi connectivity index (χ4v) is 2.50. The summed E-state index contributed by atoms with van der Waals surface area (Å²) in [6, 6.07) is 5.65. The van der Waals surface area contributed by atoms with E-state index in [1.54, 1.807) is 6.07 Å². The molecule has 0 unspecified atom stereocenters. The quantitative estimate of drug-likeness (QED) is 0.913. The first-order valence-corrected chi connectivity index (χ1v) is 6.70. The number of nitrogens with two attached hydrogens (primary N) is 1. The molecular weight excluding hydrogens is 289 g/mol. The van der Waals surface area contributed by atoms with E-state index in [-0.39, 0.29) is 11.7 Å². The molecule has 2 rings (SSSR count). The minimum Gasteiger partial charge on any atom is -0.406 e. The van der Waals surface area contributed by atoms with Gasteiger partial charge in [0.2, 0.25) is 0 Å². The molecule has 0 saturated carbocycles. The van der Waals surface area contributed by atoms with Gasteiger partial charge in [0.15, 0.2) is 0 Å². The minimum absolute atomic E-state index is 0.214. The van der Waals surface area contributed by atoms with Gasteiger partial charge in [-0.1, -0.05) is 26.0 Å². The fourth-order valence-electron chi connectivity index (χ4n) is 1.64. The number of thiazole rings is 1. The molecule has 2 N–H and O–H groups in total. The largest absolute Gasteiger partial charge is 0.573 e. The molecule has 0 aliphatic heterocycles. The average molecular weight is 302 g/mol. The Hall–Kier alpha value is -1.76. The van der Waals surface area contributed by atoms with Gasteiger partial charge in [0.05, 0.1) is 5.01 Å². The lowest BCUT2D eigenvalue weighted by Crippen LogP contribution is -2.17. The van der Waals surface area contributed by atoms with Crippen molar-refractivity contribution in [3.05, 3.63) is 29.3 Å². The summed E-state index contributed by atoms with van der Waals surface area (Å²) in [6.07, 6.45) is -4.71. The summed E-state index contributed by atoms with van der Waals surface area (Å²) in [5.74, 6) is -0.0702. The Bertz CT molecular complexity index is 608. The van der Waals surface area contributed by atoms with Crippen LogP contribution in [0.25, 0.3) is 11.3 Å². The molecule has 2 aromatic rings. The van der Waals surface area contributed by atoms with E-state index in [0.29, 0.717) is 16.3 Å². The number of alkyl halides is 3. The highest BCUT2D eigenvalue weighted by Crippen LogP contribution is 2.35. The zero-order chi connectivity index (χ0) is 14.9. The lowest BCUT2D eigenvalue weighted by molar-refractivity contribution is -0.274. The van der Waals surface area contributed by atoms with Crippen LogP contribution in [-0.2, 0) is 0 Å². The maximum atomic E-state index is 12.2. The van der Waals surface area contributed by atoms with Crippen LogP contribution >= 0.6 is 11.3 Å². The summed E-state index contributed by atoms with van der Waals surface area (Å²) < 4.78 is 40.5. The number of benzene rings is 1. The standard InChI is InChI=1S/C13H13F3N2OS/c1-7(2)12-18-10(11(17)20-12)8-4-3-5-9(6-8)19-13(14,15)16/h3-7H,17H2,1-2H3. The first kappa shape index (κ1) is 14.6. The number of nitrogens with zero attached hydrogens (tertiary/aromatic N) is 1. The third-order valence-corrected chi connectivity index (χ3v) is 3.69. The van der Waals surface area contributed by atoms with E-state index in [1.165, 1.54) is 29.5 Å². The predicted octanol–water partition coefficient (Wildman–Crippen LogP) is 4.41. The van der Waals surface area contributed by atoms with Gasteiger partial charge >= 0.3 is 6.36 Å². The smallest absolute Gasteiger partial charge is 0.406 e. The highest BCUT2D eigenvalue weighted by Gasteiger charge is 2.31. The van der Waals surface area contributed by atoms with Crippen LogP contribution in [-0.4, -0.2) is 11.3 Å². The second kappa shape index (κ2) is 5.32. The lowest BCUT2D eigenvalue weighted by Gasteiger charge is -2.09. The van der Waals surface area contributed by atoms with E-state index in [1.807, 2.05) is 13.8 Å². The highest BCUT2D eigenvalue weighted by molar-refractivity contribution is 7.16. The van der Waals surface area contributed by atoms with E-state index in [9.17, 15) is 13.2 Å². The first-order chi connectivity index (χ1) is 9.26. The summed E-state index contributed by atoms with van der Waals surface area (Å²) in [5, 5.41) is 1.33. The van der Waals surface area contributed by atoms with Crippen molar-refractivity contribution in [2.45, 2.75) is 26.1 Å². The van der Waals surface area contributed by atoms with Crippen LogP contribution in [0.5, 0.6) is 5.75 Å². The Labute approximate surface area is 118 Å². The number of anilines is 1. The topological polar surface area (TPSA) is 48.1 Å². The van der Waals surface area contributed by atoms with Crippen molar-refractivity contribution >= 4 is 16.3 Å². The summed E-state index contributed by atoms with van der Waals surface area (Å²) in [4.78, 5) is 4.37. The molecule has 0 atom stereocenters. The van der Waals surface area contributed by atoms with Gasteiger partial charge in [0.25, 0.3) is 0 Å². The Morgan fingerprint density at radius 3 is 2.55 bits per heavy atom. The highest BCUT2D eigenvalue weighted by atomic mass is 32.1. The van der Waals surface area contributed by atoms with Crippen LogP contribution < -0.4 is 10.5 Å². The van der Waals surface area contributed by atoms with Gasteiger partial charge in [-0.05, 0) is 12.1 Å². The van der Waals surface area contributed by atoms with Crippen LogP contribution in [0.1, 0.15) is 24.8 Å². The van der Waals surface area contributed by atoms with Gasteiger partial charge in [-0.2, -0.15) is 0 Å². The third kappa shape index (κ3) is 3.41. The molecule has 0 fully saturated rings. The van der Waals surface area contributed by atoms with Crippen molar-refractivity contribution in [3.63, 3.8) is 0 Å². The normalized spacial score (nSPS) is 11.9. The Kier molecular flexibility index (Phi) is 3.89. The zero-order valence-electron chi connectivity index (χ0n) is 10.9. The SMILES string of the molecule is CC(C)c1nc(-c2cccc(OC(F)(F)F)c2)c(N)s1. The van der Waals surface area contributed by atoms with Gasteiger partial charge in [0, 0.05) is 11.5 Å². The van der Waals surface area contributed by atoms with Crippen molar-refractivity contribution in [1.29, 1.82) is 0 Å². The van der Waals surface area contributed by atoms with Gasteiger partial charge in [-0.3, -0.25) is 0 Å². The molecule has 0 aliphatic carbocycles. The van der Waals surface area contributed by atoms with Crippen LogP contribution in [0, 0.1) is 0 Å². The molecule has 0 radical (unpaired) electrons. The van der Waals surface area contributed by atoms with Gasteiger partial charge < -0.3 is 10.5 Å². The number of aromatic nitrogens is 1. The van der Waals surface area contributed by atoms with E-state index in [4.69, 9.17) is 5.73 Å². The summed E-state index contributed by atoms with van der Waals surface area (Å²) >= 11 is 1.34. The molecule has 1 aromatic carbocycles. The van der Waals surface area contributed by atoms with Crippen LogP contribution in [0.3, 0.4) is 0 Å². The molecule has 1 heterocycles. The monoisotopic (exact) mass is 302 g/mol. The van der Waals surface area contributed by atoms with Crippen molar-refractivity contribution in [1.82, 2.24) is 4.98 Å². The molecule has 20 heavy (non-hydrogen) atoms. The predicted molar refractivity (Wildman–Crippen MR) is 72.7 cm³/mol. The summed E-state index contributed by atoms with van der Waals surface area (Å²) in [6.45, 7) is 3.95. The van der Waals surface area contributed by atoms with Gasteiger partial charge in [-0.15, -0.1) is 24.5 Å². The zero-order valence-corrected chi connectivity index (χ0v) is 11.7. The average Bonchev–Trinajstić information content (AvgIpc) is 2.69. The Morgan fingerprint density at radius 1 is 1.30 bits per heavy atom. The number of halogens is 3. The van der Waals surface area contributed by atoms with Crippen LogP contribution in [0.15, 0.2) is 24.3 Å². The molecule has 0 spiro atoms. The third-order valence-electron chi connectivity index (χ3n) is 2.50. The number of ether oxygens (including phenoxy) is 1. The molecule has 0 saturated heterocycles. The fraction of sp³-hybridized carbons (Fsp3) is 0.308. The van der Waals surface area contributed by atoms with Crippen molar-refractivity contribution in [2.75, 3.05) is 5.73 Å². The van der Waals surface area contributed by atoms with Gasteiger partial charge in [-0.25, -0.2) is 4.98 Å².